The number of allylic oxidation sites excluding steroid dienone is 1. The zero-order valence-electron chi connectivity index (χ0n) is 9.64. The summed E-state index contributed by atoms with van der Waals surface area (Å²) in [4.78, 5) is 0. The molecule has 0 heterocycles. The van der Waals surface area contributed by atoms with Gasteiger partial charge in [0.1, 0.15) is 23.5 Å². The highest BCUT2D eigenvalue weighted by Crippen LogP contribution is 2.34. The molecule has 0 bridgehead atoms. The summed E-state index contributed by atoms with van der Waals surface area (Å²) in [6.07, 6.45) is -3.77. The molecule has 0 aliphatic carbocycles. The number of hydrogen-bond donors (Lipinski definition) is 1. The van der Waals surface area contributed by atoms with E-state index in [-0.39, 0.29) is 11.3 Å². The number of nitriles is 2. The Bertz CT molecular complexity index is 587. The number of hydrogen-bond acceptors (Lipinski definition) is 3. The van der Waals surface area contributed by atoms with Gasteiger partial charge >= 0.3 is 6.18 Å². The Kier molecular flexibility index (Phi) is 4.13. The van der Waals surface area contributed by atoms with Crippen molar-refractivity contribution in [3.05, 3.63) is 40.8 Å². The molecule has 0 fully saturated rings. The zero-order chi connectivity index (χ0) is 14.6. The molecule has 0 spiro atoms. The fourth-order valence-electron chi connectivity index (χ4n) is 1.30. The highest BCUT2D eigenvalue weighted by molar-refractivity contribution is 5.53. The minimum atomic E-state index is -4.68. The van der Waals surface area contributed by atoms with Gasteiger partial charge < -0.3 is 5.32 Å². The van der Waals surface area contributed by atoms with Crippen LogP contribution < -0.4 is 5.32 Å². The molecule has 0 aromatic heterocycles. The van der Waals surface area contributed by atoms with Crippen molar-refractivity contribution in [3.8, 4) is 12.1 Å². The smallest absolute Gasteiger partial charge is 0.360 e. The molecule has 0 aliphatic rings. The van der Waals surface area contributed by atoms with Crippen molar-refractivity contribution in [3.63, 3.8) is 0 Å². The molecule has 3 nitrogen and oxygen atoms in total. The Balaban J connectivity index is 3.20. The molecule has 7 heteroatoms. The van der Waals surface area contributed by atoms with Gasteiger partial charge in [-0.05, 0) is 24.6 Å². The van der Waals surface area contributed by atoms with E-state index in [1.807, 2.05) is 0 Å². The van der Waals surface area contributed by atoms with Crippen molar-refractivity contribution in [2.75, 3.05) is 5.32 Å². The Hall–Kier alpha value is -2.54. The second-order valence-corrected chi connectivity index (χ2v) is 3.55. The first kappa shape index (κ1) is 14.5. The monoisotopic (exact) mass is 269 g/mol. The summed E-state index contributed by atoms with van der Waals surface area (Å²) in [5.41, 5.74) is -2.16. The van der Waals surface area contributed by atoms with Gasteiger partial charge in [0.2, 0.25) is 0 Å². The molecule has 0 radical (unpaired) electrons. The van der Waals surface area contributed by atoms with Gasteiger partial charge in [-0.15, -0.1) is 0 Å². The number of benzene rings is 1. The lowest BCUT2D eigenvalue weighted by Gasteiger charge is -2.13. The molecule has 0 atom stereocenters. The van der Waals surface area contributed by atoms with Crippen LogP contribution in [0.1, 0.15) is 11.1 Å². The predicted octanol–water partition coefficient (Wildman–Crippen LogP) is 3.50. The Morgan fingerprint density at radius 2 is 1.84 bits per heavy atom. The number of anilines is 1. The number of alkyl halides is 3. The molecule has 1 aromatic carbocycles. The van der Waals surface area contributed by atoms with Gasteiger partial charge in [-0.25, -0.2) is 4.39 Å². The number of nitrogens with zero attached hydrogens (tertiary/aromatic N) is 2. The molecule has 0 amide bonds. The van der Waals surface area contributed by atoms with Gasteiger partial charge in [-0.2, -0.15) is 23.7 Å². The first-order valence-electron chi connectivity index (χ1n) is 4.94. The van der Waals surface area contributed by atoms with Crippen LogP contribution in [0.3, 0.4) is 0 Å². The first-order valence-corrected chi connectivity index (χ1v) is 4.94. The van der Waals surface area contributed by atoms with Crippen LogP contribution in [0.5, 0.6) is 0 Å². The summed E-state index contributed by atoms with van der Waals surface area (Å²) >= 11 is 0. The molecule has 1 N–H and O–H groups in total. The molecular formula is C12H7F4N3. The summed E-state index contributed by atoms with van der Waals surface area (Å²) < 4.78 is 51.2. The average Bonchev–Trinajstić information content (AvgIpc) is 2.33. The van der Waals surface area contributed by atoms with Crippen molar-refractivity contribution in [2.24, 2.45) is 0 Å². The fraction of sp³-hybridized carbons (Fsp3) is 0.167. The van der Waals surface area contributed by atoms with Crippen molar-refractivity contribution in [2.45, 2.75) is 13.1 Å². The third-order valence-electron chi connectivity index (χ3n) is 2.27. The fourth-order valence-corrected chi connectivity index (χ4v) is 1.30. The summed E-state index contributed by atoms with van der Waals surface area (Å²) in [5.74, 6) is -1.03. The quantitative estimate of drug-likeness (QED) is 0.660. The molecule has 1 rings (SSSR count). The highest BCUT2D eigenvalue weighted by Gasteiger charge is 2.33. The van der Waals surface area contributed by atoms with E-state index < -0.39 is 23.1 Å². The maximum absolute atomic E-state index is 13.4. The van der Waals surface area contributed by atoms with Gasteiger partial charge in [-0.1, -0.05) is 0 Å². The second-order valence-electron chi connectivity index (χ2n) is 3.55. The third kappa shape index (κ3) is 3.46. The molecule has 0 unspecified atom stereocenters. The highest BCUT2D eigenvalue weighted by atomic mass is 19.4. The SMILES string of the molecule is Cc1c(F)cc(NC=C(C#N)C#N)cc1C(F)(F)F. The molecule has 19 heavy (non-hydrogen) atoms. The Labute approximate surface area is 106 Å². The predicted molar refractivity (Wildman–Crippen MR) is 59.1 cm³/mol. The summed E-state index contributed by atoms with van der Waals surface area (Å²) in [6.45, 7) is 1.02. The van der Waals surface area contributed by atoms with Crippen LogP contribution in [0, 0.1) is 35.4 Å². The minimum Gasteiger partial charge on any atom is -0.360 e. The standard InChI is InChI=1S/C12H7F4N3/c1-7-10(12(14,15)16)2-9(3-11(7)13)19-6-8(4-17)5-18/h2-3,6,19H,1H3. The second kappa shape index (κ2) is 5.40. The average molecular weight is 269 g/mol. The van der Waals surface area contributed by atoms with Crippen molar-refractivity contribution < 1.29 is 17.6 Å². The van der Waals surface area contributed by atoms with E-state index in [9.17, 15) is 17.6 Å². The molecule has 0 saturated carbocycles. The van der Waals surface area contributed by atoms with Crippen LogP contribution in [0.4, 0.5) is 23.2 Å². The molecule has 0 saturated heterocycles. The van der Waals surface area contributed by atoms with E-state index in [2.05, 4.69) is 5.32 Å². The van der Waals surface area contributed by atoms with Crippen LogP contribution >= 0.6 is 0 Å². The topological polar surface area (TPSA) is 59.6 Å². The number of halogens is 4. The van der Waals surface area contributed by atoms with Gasteiger partial charge in [0, 0.05) is 11.9 Å². The molecule has 1 aromatic rings. The lowest BCUT2D eigenvalue weighted by atomic mass is 10.1. The van der Waals surface area contributed by atoms with Crippen molar-refractivity contribution >= 4 is 5.69 Å². The zero-order valence-corrected chi connectivity index (χ0v) is 9.64. The summed E-state index contributed by atoms with van der Waals surface area (Å²) in [6, 6.07) is 4.59. The van der Waals surface area contributed by atoms with E-state index in [1.165, 1.54) is 12.1 Å². The normalized spacial score (nSPS) is 10.3. The van der Waals surface area contributed by atoms with E-state index in [4.69, 9.17) is 10.5 Å². The van der Waals surface area contributed by atoms with Crippen LogP contribution in [-0.2, 0) is 6.18 Å². The molecule has 98 valence electrons. The molecule has 0 aliphatic heterocycles. The number of rotatable bonds is 2. The van der Waals surface area contributed by atoms with E-state index >= 15 is 0 Å². The van der Waals surface area contributed by atoms with Gasteiger partial charge in [0.25, 0.3) is 0 Å². The minimum absolute atomic E-state index is 0.196. The molecular weight excluding hydrogens is 262 g/mol. The van der Waals surface area contributed by atoms with Crippen LogP contribution in [0.2, 0.25) is 0 Å². The summed E-state index contributed by atoms with van der Waals surface area (Å²) in [5, 5.41) is 19.2. The van der Waals surface area contributed by atoms with Crippen LogP contribution in [0.15, 0.2) is 23.9 Å². The van der Waals surface area contributed by atoms with Crippen LogP contribution in [-0.4, -0.2) is 0 Å². The third-order valence-corrected chi connectivity index (χ3v) is 2.27. The maximum atomic E-state index is 13.4. The van der Waals surface area contributed by atoms with E-state index in [0.29, 0.717) is 6.07 Å². The van der Waals surface area contributed by atoms with Crippen molar-refractivity contribution in [1.29, 1.82) is 10.5 Å². The van der Waals surface area contributed by atoms with Crippen molar-refractivity contribution in [1.82, 2.24) is 0 Å². The Morgan fingerprint density at radius 1 is 1.26 bits per heavy atom. The van der Waals surface area contributed by atoms with Gasteiger partial charge in [0.05, 0.1) is 5.56 Å². The van der Waals surface area contributed by atoms with Crippen LogP contribution in [0.25, 0.3) is 0 Å². The summed E-state index contributed by atoms with van der Waals surface area (Å²) in [7, 11) is 0. The lowest BCUT2D eigenvalue weighted by molar-refractivity contribution is -0.138. The maximum Gasteiger partial charge on any atom is 0.416 e. The number of nitrogens with one attached hydrogen (secondary N) is 1. The van der Waals surface area contributed by atoms with E-state index in [1.54, 1.807) is 0 Å². The van der Waals surface area contributed by atoms with E-state index in [0.717, 1.165) is 19.2 Å². The largest absolute Gasteiger partial charge is 0.416 e. The van der Waals surface area contributed by atoms with Gasteiger partial charge in [-0.3, -0.25) is 0 Å². The Morgan fingerprint density at radius 3 is 2.32 bits per heavy atom. The van der Waals surface area contributed by atoms with Gasteiger partial charge in [0.15, 0.2) is 0 Å². The lowest BCUT2D eigenvalue weighted by Crippen LogP contribution is -2.09. The first-order chi connectivity index (χ1) is 8.79.